The fraction of sp³-hybridized carbons (Fsp3) is 0.400. The molecule has 0 radical (unpaired) electrons. The van der Waals surface area contributed by atoms with Crippen LogP contribution in [-0.4, -0.2) is 17.8 Å². The van der Waals surface area contributed by atoms with Crippen LogP contribution >= 0.6 is 0 Å². The van der Waals surface area contributed by atoms with Crippen molar-refractivity contribution < 1.29 is 9.53 Å². The van der Waals surface area contributed by atoms with E-state index in [1.807, 2.05) is 0 Å². The first-order valence-corrected chi connectivity index (χ1v) is 2.90. The van der Waals surface area contributed by atoms with Crippen LogP contribution in [0.3, 0.4) is 0 Å². The Bertz CT molecular complexity index is 189. The average Bonchev–Trinajstić information content (AvgIpc) is 1.82. The molecule has 0 rings (SSSR count). The summed E-state index contributed by atoms with van der Waals surface area (Å²) in [5.74, 6) is -0.738. The van der Waals surface area contributed by atoms with Gasteiger partial charge in [-0.2, -0.15) is 0 Å². The fourth-order valence-corrected chi connectivity index (χ4v) is 0.410. The van der Waals surface area contributed by atoms with Crippen LogP contribution in [0.15, 0.2) is 0 Å². The van der Waals surface area contributed by atoms with Gasteiger partial charge in [0.05, 0.1) is 12.3 Å². The van der Waals surface area contributed by atoms with Gasteiger partial charge in [-0.25, -0.2) is 0 Å². The Morgan fingerprint density at radius 2 is 1.82 bits per heavy atom. The van der Waals surface area contributed by atoms with E-state index in [2.05, 4.69) is 4.74 Å². The Kier molecular flexibility index (Phi) is 3.65. The van der Waals surface area contributed by atoms with Gasteiger partial charge in [0.25, 0.3) is 6.02 Å². The normalized spacial score (nSPS) is 8.73. The molecule has 0 heterocycles. The molecule has 0 saturated heterocycles. The lowest BCUT2D eigenvalue weighted by Gasteiger charge is -1.99. The van der Waals surface area contributed by atoms with Gasteiger partial charge in [0.2, 0.25) is 0 Å². The molecule has 6 nitrogen and oxygen atoms in total. The smallest absolute Gasteiger partial charge is 0.313 e. The van der Waals surface area contributed by atoms with Crippen molar-refractivity contribution in [1.82, 2.24) is 0 Å². The van der Waals surface area contributed by atoms with Crippen molar-refractivity contribution >= 4 is 17.8 Å². The van der Waals surface area contributed by atoms with Gasteiger partial charge in [-0.15, -0.1) is 0 Å². The predicted octanol–water partition coefficient (Wildman–Crippen LogP) is -0.861. The Morgan fingerprint density at radius 3 is 2.18 bits per heavy atom. The van der Waals surface area contributed by atoms with Crippen molar-refractivity contribution in [2.45, 2.75) is 12.8 Å². The van der Waals surface area contributed by atoms with Gasteiger partial charge < -0.3 is 16.2 Å². The molecule has 11 heavy (non-hydrogen) atoms. The van der Waals surface area contributed by atoms with Gasteiger partial charge in [-0.3, -0.25) is 15.6 Å². The molecule has 0 amide bonds. The molecule has 0 aliphatic carbocycles. The van der Waals surface area contributed by atoms with Crippen LogP contribution in [0.2, 0.25) is 0 Å². The third-order valence-electron chi connectivity index (χ3n) is 0.822. The molecule has 0 saturated carbocycles. The molecule has 0 aliphatic rings. The summed E-state index contributed by atoms with van der Waals surface area (Å²) in [7, 11) is 0. The number of hydrogen-bond donors (Lipinski definition) is 4. The topological polar surface area (TPSA) is 126 Å². The van der Waals surface area contributed by atoms with E-state index in [4.69, 9.17) is 22.3 Å². The second-order valence-electron chi connectivity index (χ2n) is 1.86. The fourth-order valence-electron chi connectivity index (χ4n) is 0.410. The van der Waals surface area contributed by atoms with Crippen LogP contribution in [0, 0.1) is 10.8 Å². The molecule has 0 aromatic rings. The monoisotopic (exact) mass is 158 g/mol. The number of rotatable bonds is 3. The van der Waals surface area contributed by atoms with Crippen LogP contribution in [-0.2, 0) is 9.53 Å². The van der Waals surface area contributed by atoms with E-state index < -0.39 is 12.0 Å². The first-order valence-electron chi connectivity index (χ1n) is 2.90. The number of ether oxygens (including phenoxy) is 1. The second kappa shape index (κ2) is 4.26. The highest BCUT2D eigenvalue weighted by atomic mass is 16.5. The SMILES string of the molecule is N=C(N)CCC(=O)OC(=N)N. The van der Waals surface area contributed by atoms with Crippen LogP contribution in [0.25, 0.3) is 0 Å². The molecule has 6 heteroatoms. The van der Waals surface area contributed by atoms with Gasteiger partial charge in [-0.05, 0) is 0 Å². The molecule has 0 aromatic carbocycles. The second-order valence-corrected chi connectivity index (χ2v) is 1.86. The molecule has 0 aromatic heterocycles. The Hall–Kier alpha value is -1.59. The first-order chi connectivity index (χ1) is 5.02. The lowest BCUT2D eigenvalue weighted by molar-refractivity contribution is -0.135. The number of carbonyl (C=O) groups is 1. The highest BCUT2D eigenvalue weighted by Gasteiger charge is 2.04. The minimum Gasteiger partial charge on any atom is -0.393 e. The minimum atomic E-state index is -0.646. The van der Waals surface area contributed by atoms with Gasteiger partial charge in [0, 0.05) is 6.42 Å². The maximum atomic E-state index is 10.6. The molecule has 0 aliphatic heterocycles. The Morgan fingerprint density at radius 1 is 1.27 bits per heavy atom. The van der Waals surface area contributed by atoms with Gasteiger partial charge in [-0.1, -0.05) is 0 Å². The molecule has 0 atom stereocenters. The van der Waals surface area contributed by atoms with Crippen molar-refractivity contribution in [3.63, 3.8) is 0 Å². The molecular formula is C5H10N4O2. The minimum absolute atomic E-state index is 0.0189. The lowest BCUT2D eigenvalue weighted by atomic mass is 10.3. The van der Waals surface area contributed by atoms with Gasteiger partial charge >= 0.3 is 5.97 Å². The van der Waals surface area contributed by atoms with E-state index in [9.17, 15) is 4.79 Å². The van der Waals surface area contributed by atoms with Crippen LogP contribution < -0.4 is 11.5 Å². The molecule has 6 N–H and O–H groups in total. The highest BCUT2D eigenvalue weighted by molar-refractivity contribution is 5.87. The molecule has 62 valence electrons. The summed E-state index contributed by atoms with van der Waals surface area (Å²) in [6.07, 6.45) is 0.112. The van der Waals surface area contributed by atoms with Gasteiger partial charge in [0.15, 0.2) is 0 Å². The van der Waals surface area contributed by atoms with E-state index in [-0.39, 0.29) is 18.7 Å². The van der Waals surface area contributed by atoms with E-state index in [0.717, 1.165) is 0 Å². The molecule has 0 fully saturated rings. The third-order valence-corrected chi connectivity index (χ3v) is 0.822. The summed E-state index contributed by atoms with van der Waals surface area (Å²) in [6, 6.07) is -0.640. The van der Waals surface area contributed by atoms with Gasteiger partial charge in [0.1, 0.15) is 0 Å². The standard InChI is InChI=1S/C5H10N4O2/c6-3(7)1-2-4(10)11-5(8)9/h1-2H2,(H3,6,7)(H3,8,9). The van der Waals surface area contributed by atoms with Crippen LogP contribution in [0.4, 0.5) is 0 Å². The van der Waals surface area contributed by atoms with E-state index in [1.54, 1.807) is 0 Å². The van der Waals surface area contributed by atoms with Crippen molar-refractivity contribution in [3.05, 3.63) is 0 Å². The van der Waals surface area contributed by atoms with Crippen molar-refractivity contribution in [1.29, 1.82) is 10.8 Å². The highest BCUT2D eigenvalue weighted by Crippen LogP contribution is 1.90. The van der Waals surface area contributed by atoms with Crippen LogP contribution in [0.1, 0.15) is 12.8 Å². The molecular weight excluding hydrogens is 148 g/mol. The Labute approximate surface area is 63.5 Å². The first kappa shape index (κ1) is 9.41. The summed E-state index contributed by atoms with van der Waals surface area (Å²) >= 11 is 0. The lowest BCUT2D eigenvalue weighted by Crippen LogP contribution is -2.20. The Balaban J connectivity index is 3.53. The number of nitrogens with two attached hydrogens (primary N) is 2. The summed E-state index contributed by atoms with van der Waals surface area (Å²) in [5.41, 5.74) is 9.72. The van der Waals surface area contributed by atoms with E-state index >= 15 is 0 Å². The molecule has 0 unspecified atom stereocenters. The van der Waals surface area contributed by atoms with Crippen LogP contribution in [0.5, 0.6) is 0 Å². The van der Waals surface area contributed by atoms with Crippen molar-refractivity contribution in [3.8, 4) is 0 Å². The third kappa shape index (κ3) is 6.29. The zero-order valence-electron chi connectivity index (χ0n) is 5.89. The summed E-state index contributed by atoms with van der Waals surface area (Å²) in [6.45, 7) is 0. The maximum absolute atomic E-state index is 10.6. The molecule has 0 spiro atoms. The van der Waals surface area contributed by atoms with Crippen molar-refractivity contribution in [2.24, 2.45) is 11.5 Å². The quantitative estimate of drug-likeness (QED) is 0.242. The van der Waals surface area contributed by atoms with E-state index in [0.29, 0.717) is 0 Å². The summed E-state index contributed by atoms with van der Waals surface area (Å²) in [4.78, 5) is 10.6. The van der Waals surface area contributed by atoms with Crippen molar-refractivity contribution in [2.75, 3.05) is 0 Å². The predicted molar refractivity (Wildman–Crippen MR) is 39.2 cm³/mol. The average molecular weight is 158 g/mol. The number of amidine groups is 2. The molecule has 0 bridgehead atoms. The maximum Gasteiger partial charge on any atom is 0.313 e. The zero-order chi connectivity index (χ0) is 8.85. The summed E-state index contributed by atoms with van der Waals surface area (Å²) < 4.78 is 4.17. The zero-order valence-corrected chi connectivity index (χ0v) is 5.89. The number of carbonyl (C=O) groups excluding carboxylic acids is 1. The summed E-state index contributed by atoms with van der Waals surface area (Å²) in [5, 5.41) is 13.3. The number of hydrogen-bond acceptors (Lipinski definition) is 4. The number of esters is 1. The number of nitrogens with one attached hydrogen (secondary N) is 2. The largest absolute Gasteiger partial charge is 0.393 e. The van der Waals surface area contributed by atoms with E-state index in [1.165, 1.54) is 0 Å².